The number of carbonyl (C=O) groups is 2. The predicted molar refractivity (Wildman–Crippen MR) is 83.7 cm³/mol. The van der Waals surface area contributed by atoms with Gasteiger partial charge in [0, 0.05) is 24.5 Å². The average molecular weight is 341 g/mol. The highest BCUT2D eigenvalue weighted by atomic mass is 79.9. The van der Waals surface area contributed by atoms with Gasteiger partial charge in [-0.05, 0) is 37.6 Å². The Bertz CT molecular complexity index is 457. The maximum Gasteiger partial charge on any atom is 0.236 e. The van der Waals surface area contributed by atoms with E-state index in [1.807, 2.05) is 24.3 Å². The molecule has 0 aromatic heterocycles. The van der Waals surface area contributed by atoms with Crippen molar-refractivity contribution in [2.75, 3.05) is 27.2 Å². The molecule has 1 amide bonds. The van der Waals surface area contributed by atoms with E-state index in [4.69, 9.17) is 0 Å². The number of hydrogen-bond acceptors (Lipinski definition) is 3. The van der Waals surface area contributed by atoms with E-state index in [1.165, 1.54) is 0 Å². The molecule has 0 spiro atoms. The van der Waals surface area contributed by atoms with E-state index in [0.29, 0.717) is 19.5 Å². The minimum atomic E-state index is -0.120. The molecule has 0 heterocycles. The maximum atomic E-state index is 11.8. The van der Waals surface area contributed by atoms with E-state index in [2.05, 4.69) is 21.2 Å². The molecule has 1 aromatic carbocycles. The Morgan fingerprint density at radius 1 is 1.25 bits per heavy atom. The molecule has 20 heavy (non-hydrogen) atoms. The number of likely N-dealkylation sites (N-methyl/N-ethyl adjacent to an activating group) is 1. The minimum absolute atomic E-state index is 0.0352. The molecule has 0 saturated carbocycles. The highest BCUT2D eigenvalue weighted by Gasteiger charge is 2.16. The fraction of sp³-hybridized carbons (Fsp3) is 0.467. The van der Waals surface area contributed by atoms with Gasteiger partial charge in [-0.2, -0.15) is 0 Å². The number of nitrogens with one attached hydrogen (secondary N) is 1. The topological polar surface area (TPSA) is 49.4 Å². The molecule has 5 heteroatoms. The van der Waals surface area contributed by atoms with Gasteiger partial charge in [0.05, 0.1) is 6.54 Å². The fourth-order valence-corrected chi connectivity index (χ4v) is 2.16. The molecule has 0 saturated heterocycles. The predicted octanol–water partition coefficient (Wildman–Crippen LogP) is 2.19. The van der Waals surface area contributed by atoms with Crippen molar-refractivity contribution in [1.29, 1.82) is 0 Å². The summed E-state index contributed by atoms with van der Waals surface area (Å²) in [5.74, 6) is 0.0612. The lowest BCUT2D eigenvalue weighted by Gasteiger charge is -2.15. The average Bonchev–Trinajstić information content (AvgIpc) is 2.39. The van der Waals surface area contributed by atoms with Crippen molar-refractivity contribution in [3.63, 3.8) is 0 Å². The molecule has 0 radical (unpaired) electrons. The molecular formula is C15H21BrN2O2. The van der Waals surface area contributed by atoms with Crippen molar-refractivity contribution in [2.24, 2.45) is 0 Å². The van der Waals surface area contributed by atoms with Gasteiger partial charge in [-0.3, -0.25) is 9.59 Å². The Morgan fingerprint density at radius 2 is 1.85 bits per heavy atom. The molecule has 1 unspecified atom stereocenters. The molecule has 1 rings (SSSR count). The van der Waals surface area contributed by atoms with Crippen LogP contribution in [0.15, 0.2) is 28.7 Å². The number of benzene rings is 1. The second kappa shape index (κ2) is 8.17. The van der Waals surface area contributed by atoms with Crippen LogP contribution >= 0.6 is 15.9 Å². The zero-order chi connectivity index (χ0) is 15.1. The van der Waals surface area contributed by atoms with E-state index < -0.39 is 0 Å². The van der Waals surface area contributed by atoms with Crippen molar-refractivity contribution in [1.82, 2.24) is 10.2 Å². The fourth-order valence-electron chi connectivity index (χ4n) is 1.90. The highest BCUT2D eigenvalue weighted by Crippen LogP contribution is 2.22. The summed E-state index contributed by atoms with van der Waals surface area (Å²) in [6.07, 6.45) is 0.692. The molecule has 0 aliphatic carbocycles. The van der Waals surface area contributed by atoms with Crippen LogP contribution in [0.4, 0.5) is 0 Å². The van der Waals surface area contributed by atoms with E-state index in [0.717, 1.165) is 10.0 Å². The highest BCUT2D eigenvalue weighted by molar-refractivity contribution is 9.10. The van der Waals surface area contributed by atoms with Gasteiger partial charge in [-0.1, -0.05) is 28.1 Å². The van der Waals surface area contributed by atoms with Gasteiger partial charge in [0.2, 0.25) is 5.91 Å². The van der Waals surface area contributed by atoms with Crippen LogP contribution in [-0.4, -0.2) is 43.8 Å². The normalized spacial score (nSPS) is 12.0. The van der Waals surface area contributed by atoms with Gasteiger partial charge in [0.15, 0.2) is 0 Å². The van der Waals surface area contributed by atoms with Crippen molar-refractivity contribution in [2.45, 2.75) is 19.3 Å². The summed E-state index contributed by atoms with van der Waals surface area (Å²) in [5.41, 5.74) is 1.02. The molecule has 4 nitrogen and oxygen atoms in total. The van der Waals surface area contributed by atoms with Crippen LogP contribution in [0.2, 0.25) is 0 Å². The zero-order valence-electron chi connectivity index (χ0n) is 12.1. The summed E-state index contributed by atoms with van der Waals surface area (Å²) in [6, 6.07) is 7.80. The molecule has 0 bridgehead atoms. The van der Waals surface area contributed by atoms with Gasteiger partial charge in [0.1, 0.15) is 5.78 Å². The Hall–Kier alpha value is -1.20. The first kappa shape index (κ1) is 16.9. The monoisotopic (exact) mass is 340 g/mol. The number of rotatable bonds is 7. The zero-order valence-corrected chi connectivity index (χ0v) is 13.7. The summed E-state index contributed by atoms with van der Waals surface area (Å²) in [6.45, 7) is 2.55. The summed E-state index contributed by atoms with van der Waals surface area (Å²) in [4.78, 5) is 24.7. The Morgan fingerprint density at radius 3 is 2.35 bits per heavy atom. The van der Waals surface area contributed by atoms with Crippen molar-refractivity contribution in [3.8, 4) is 0 Å². The van der Waals surface area contributed by atoms with Gasteiger partial charge in [-0.25, -0.2) is 0 Å². The number of halogens is 1. The second-order valence-electron chi connectivity index (χ2n) is 4.97. The minimum Gasteiger partial charge on any atom is -0.348 e. The van der Waals surface area contributed by atoms with Crippen molar-refractivity contribution in [3.05, 3.63) is 34.3 Å². The van der Waals surface area contributed by atoms with Gasteiger partial charge in [0.25, 0.3) is 0 Å². The summed E-state index contributed by atoms with van der Waals surface area (Å²) < 4.78 is 0.998. The lowest BCUT2D eigenvalue weighted by Crippen LogP contribution is -2.34. The molecular weight excluding hydrogens is 320 g/mol. The number of hydrogen-bond donors (Lipinski definition) is 1. The Labute approximate surface area is 128 Å². The Kier molecular flexibility index (Phi) is 6.88. The number of carbonyl (C=O) groups excluding carboxylic acids is 2. The van der Waals surface area contributed by atoms with Gasteiger partial charge >= 0.3 is 0 Å². The molecule has 0 fully saturated rings. The van der Waals surface area contributed by atoms with Crippen LogP contribution < -0.4 is 5.32 Å². The first-order valence-electron chi connectivity index (χ1n) is 6.58. The van der Waals surface area contributed by atoms with E-state index >= 15 is 0 Å². The van der Waals surface area contributed by atoms with Crippen LogP contribution in [0.25, 0.3) is 0 Å². The third kappa shape index (κ3) is 5.43. The third-order valence-electron chi connectivity index (χ3n) is 3.15. The SMILES string of the molecule is CC(=O)C(CCNCC(=O)N(C)C)c1ccc(Br)cc1. The van der Waals surface area contributed by atoms with Crippen LogP contribution in [0.5, 0.6) is 0 Å². The van der Waals surface area contributed by atoms with Crippen molar-refractivity contribution < 1.29 is 9.59 Å². The summed E-state index contributed by atoms with van der Waals surface area (Å²) in [7, 11) is 3.45. The number of ketones is 1. The summed E-state index contributed by atoms with van der Waals surface area (Å²) in [5, 5.41) is 3.08. The molecule has 1 aromatic rings. The lowest BCUT2D eigenvalue weighted by atomic mass is 9.92. The Balaban J connectivity index is 2.50. The van der Waals surface area contributed by atoms with E-state index in [-0.39, 0.29) is 17.6 Å². The standard InChI is InChI=1S/C15H21BrN2O2/c1-11(19)14(12-4-6-13(16)7-5-12)8-9-17-10-15(20)18(2)3/h4-7,14,17H,8-10H2,1-3H3. The smallest absolute Gasteiger partial charge is 0.236 e. The number of amides is 1. The van der Waals surface area contributed by atoms with Gasteiger partial charge in [-0.15, -0.1) is 0 Å². The third-order valence-corrected chi connectivity index (χ3v) is 3.68. The molecule has 110 valence electrons. The largest absolute Gasteiger partial charge is 0.348 e. The molecule has 0 aliphatic heterocycles. The first-order chi connectivity index (χ1) is 9.41. The van der Waals surface area contributed by atoms with Crippen LogP contribution in [0.3, 0.4) is 0 Å². The lowest BCUT2D eigenvalue weighted by molar-refractivity contribution is -0.127. The number of Topliss-reactive ketones (excluding diaryl/α,β-unsaturated/α-hetero) is 1. The van der Waals surface area contributed by atoms with Crippen LogP contribution in [0.1, 0.15) is 24.8 Å². The molecule has 1 atom stereocenters. The quantitative estimate of drug-likeness (QED) is 0.774. The number of nitrogens with zero attached hydrogens (tertiary/aromatic N) is 1. The van der Waals surface area contributed by atoms with E-state index in [1.54, 1.807) is 25.9 Å². The van der Waals surface area contributed by atoms with Crippen molar-refractivity contribution >= 4 is 27.6 Å². The van der Waals surface area contributed by atoms with Gasteiger partial charge < -0.3 is 10.2 Å². The van der Waals surface area contributed by atoms with Crippen LogP contribution in [-0.2, 0) is 9.59 Å². The van der Waals surface area contributed by atoms with Crippen LogP contribution in [0, 0.1) is 0 Å². The molecule has 1 N–H and O–H groups in total. The second-order valence-corrected chi connectivity index (χ2v) is 5.88. The van der Waals surface area contributed by atoms with E-state index in [9.17, 15) is 9.59 Å². The maximum absolute atomic E-state index is 11.8. The molecule has 0 aliphatic rings. The first-order valence-corrected chi connectivity index (χ1v) is 7.38. The summed E-state index contributed by atoms with van der Waals surface area (Å²) >= 11 is 3.39.